The first-order valence-corrected chi connectivity index (χ1v) is 6.77. The molecule has 0 amide bonds. The molecule has 100 valence electrons. The van der Waals surface area contributed by atoms with Gasteiger partial charge in [-0.3, -0.25) is 0 Å². The lowest BCUT2D eigenvalue weighted by Crippen LogP contribution is -2.36. The zero-order valence-electron chi connectivity index (χ0n) is 9.42. The molecule has 1 atom stereocenters. The highest BCUT2D eigenvalue weighted by Crippen LogP contribution is 2.19. The molecular formula is C10H12ClNO5S. The van der Waals surface area contributed by atoms with Crippen molar-refractivity contribution in [1.82, 2.24) is 4.72 Å². The highest BCUT2D eigenvalue weighted by Gasteiger charge is 2.21. The minimum absolute atomic E-state index is 0.0485. The predicted octanol–water partition coefficient (Wildman–Crippen LogP) is 0.372. The Bertz CT molecular complexity index is 557. The highest BCUT2D eigenvalue weighted by atomic mass is 35.5. The molecule has 0 unspecified atom stereocenters. The van der Waals surface area contributed by atoms with E-state index in [0.29, 0.717) is 5.56 Å². The monoisotopic (exact) mass is 293 g/mol. The summed E-state index contributed by atoms with van der Waals surface area (Å²) in [5.41, 5.74) is 0.469. The van der Waals surface area contributed by atoms with E-state index in [1.165, 1.54) is 12.1 Å². The number of carboxylic acid groups (broad SMARTS) is 1. The Morgan fingerprint density at radius 2 is 2.11 bits per heavy atom. The Morgan fingerprint density at radius 1 is 1.50 bits per heavy atom. The summed E-state index contributed by atoms with van der Waals surface area (Å²) in [6.07, 6.45) is -1.79. The first kappa shape index (κ1) is 14.9. The van der Waals surface area contributed by atoms with Crippen LogP contribution in [0.4, 0.5) is 0 Å². The Kier molecular flexibility index (Phi) is 4.69. The van der Waals surface area contributed by atoms with Gasteiger partial charge in [-0.25, -0.2) is 17.9 Å². The fourth-order valence-electron chi connectivity index (χ4n) is 1.22. The lowest BCUT2D eigenvalue weighted by atomic mass is 10.2. The number of sulfonamides is 1. The van der Waals surface area contributed by atoms with Crippen molar-refractivity contribution in [2.75, 3.05) is 6.54 Å². The van der Waals surface area contributed by atoms with E-state index in [0.717, 1.165) is 0 Å². The molecule has 18 heavy (non-hydrogen) atoms. The zero-order chi connectivity index (χ0) is 13.9. The maximum atomic E-state index is 11.9. The number of carboxylic acids is 1. The topological polar surface area (TPSA) is 104 Å². The van der Waals surface area contributed by atoms with Crippen LogP contribution in [0.5, 0.6) is 0 Å². The van der Waals surface area contributed by atoms with Crippen LogP contribution in [0, 0.1) is 6.92 Å². The number of benzene rings is 1. The Balaban J connectivity index is 2.93. The Labute approximate surface area is 109 Å². The van der Waals surface area contributed by atoms with Gasteiger partial charge < -0.3 is 10.2 Å². The summed E-state index contributed by atoms with van der Waals surface area (Å²) < 4.78 is 25.7. The molecule has 0 aliphatic rings. The van der Waals surface area contributed by atoms with E-state index in [1.807, 2.05) is 4.72 Å². The van der Waals surface area contributed by atoms with Crippen LogP contribution in [0.3, 0.4) is 0 Å². The van der Waals surface area contributed by atoms with Gasteiger partial charge in [-0.05, 0) is 24.6 Å². The number of aliphatic hydroxyl groups excluding tert-OH is 1. The van der Waals surface area contributed by atoms with Crippen LogP contribution >= 0.6 is 11.6 Å². The van der Waals surface area contributed by atoms with Crippen molar-refractivity contribution in [1.29, 1.82) is 0 Å². The van der Waals surface area contributed by atoms with Crippen LogP contribution in [0.1, 0.15) is 5.56 Å². The molecule has 0 radical (unpaired) electrons. The fourth-order valence-corrected chi connectivity index (χ4v) is 2.76. The molecule has 0 aliphatic heterocycles. The third-order valence-corrected chi connectivity index (χ3v) is 3.99. The third-order valence-electron chi connectivity index (χ3n) is 2.19. The number of carbonyl (C=O) groups is 1. The van der Waals surface area contributed by atoms with E-state index in [2.05, 4.69) is 0 Å². The first-order valence-electron chi connectivity index (χ1n) is 4.91. The Hall–Kier alpha value is -1.15. The molecule has 1 aromatic carbocycles. The lowest BCUT2D eigenvalue weighted by Gasteiger charge is -2.11. The second-order valence-electron chi connectivity index (χ2n) is 3.62. The molecule has 0 saturated carbocycles. The van der Waals surface area contributed by atoms with Crippen LogP contribution in [0.15, 0.2) is 23.1 Å². The lowest BCUT2D eigenvalue weighted by molar-refractivity contribution is -0.146. The summed E-state index contributed by atoms with van der Waals surface area (Å²) in [4.78, 5) is 10.3. The van der Waals surface area contributed by atoms with E-state index in [-0.39, 0.29) is 9.92 Å². The van der Waals surface area contributed by atoms with E-state index >= 15 is 0 Å². The summed E-state index contributed by atoms with van der Waals surface area (Å²) in [6.45, 7) is 0.974. The van der Waals surface area contributed by atoms with Gasteiger partial charge in [-0.15, -0.1) is 0 Å². The standard InChI is InChI=1S/C10H12ClNO5S/c1-6-2-3-7(11)4-9(6)18(16,17)12-5-8(13)10(14)15/h2-4,8,12-13H,5H2,1H3,(H,14,15)/t8-/m0/s1. The zero-order valence-corrected chi connectivity index (χ0v) is 11.0. The summed E-state index contributed by atoms with van der Waals surface area (Å²) in [5, 5.41) is 17.7. The second-order valence-corrected chi connectivity index (χ2v) is 5.79. The maximum Gasteiger partial charge on any atom is 0.333 e. The molecule has 0 bridgehead atoms. The number of halogens is 1. The quantitative estimate of drug-likeness (QED) is 0.728. The van der Waals surface area contributed by atoms with Gasteiger partial charge in [0.15, 0.2) is 6.10 Å². The minimum atomic E-state index is -3.90. The Morgan fingerprint density at radius 3 is 2.67 bits per heavy atom. The van der Waals surface area contributed by atoms with Crippen LogP contribution in [-0.4, -0.2) is 37.2 Å². The molecule has 0 heterocycles. The first-order chi connectivity index (χ1) is 8.24. The largest absolute Gasteiger partial charge is 0.479 e. The smallest absolute Gasteiger partial charge is 0.333 e. The maximum absolute atomic E-state index is 11.9. The van der Waals surface area contributed by atoms with Crippen molar-refractivity contribution in [3.05, 3.63) is 28.8 Å². The van der Waals surface area contributed by atoms with Gasteiger partial charge in [0, 0.05) is 11.6 Å². The number of nitrogens with one attached hydrogen (secondary N) is 1. The van der Waals surface area contributed by atoms with Crippen molar-refractivity contribution < 1.29 is 23.4 Å². The van der Waals surface area contributed by atoms with Gasteiger partial charge in [-0.2, -0.15) is 0 Å². The molecule has 8 heteroatoms. The van der Waals surface area contributed by atoms with Crippen LogP contribution < -0.4 is 4.72 Å². The van der Waals surface area contributed by atoms with Gasteiger partial charge in [0.25, 0.3) is 0 Å². The molecule has 6 nitrogen and oxygen atoms in total. The molecule has 0 aliphatic carbocycles. The van der Waals surface area contributed by atoms with Crippen molar-refractivity contribution in [3.63, 3.8) is 0 Å². The average Bonchev–Trinajstić information content (AvgIpc) is 2.29. The SMILES string of the molecule is Cc1ccc(Cl)cc1S(=O)(=O)NC[C@H](O)C(=O)O. The predicted molar refractivity (Wildman–Crippen MR) is 65.0 cm³/mol. The summed E-state index contributed by atoms with van der Waals surface area (Å²) in [6, 6.07) is 4.33. The van der Waals surface area contributed by atoms with E-state index in [9.17, 15) is 13.2 Å². The van der Waals surface area contributed by atoms with E-state index in [1.54, 1.807) is 13.0 Å². The highest BCUT2D eigenvalue weighted by molar-refractivity contribution is 7.89. The van der Waals surface area contributed by atoms with Crippen molar-refractivity contribution in [3.8, 4) is 0 Å². The van der Waals surface area contributed by atoms with Crippen LogP contribution in [0.2, 0.25) is 5.02 Å². The van der Waals surface area contributed by atoms with Crippen molar-refractivity contribution >= 4 is 27.6 Å². The van der Waals surface area contributed by atoms with Crippen LogP contribution in [0.25, 0.3) is 0 Å². The van der Waals surface area contributed by atoms with Gasteiger partial charge in [0.1, 0.15) is 0 Å². The number of hydrogen-bond acceptors (Lipinski definition) is 4. The van der Waals surface area contributed by atoms with Gasteiger partial charge >= 0.3 is 5.97 Å². The summed E-state index contributed by atoms with van der Waals surface area (Å²) >= 11 is 5.70. The van der Waals surface area contributed by atoms with E-state index < -0.39 is 28.6 Å². The number of aryl methyl sites for hydroxylation is 1. The molecular weight excluding hydrogens is 282 g/mol. The molecule has 0 spiro atoms. The molecule has 0 saturated heterocycles. The molecule has 1 rings (SSSR count). The molecule has 3 N–H and O–H groups in total. The van der Waals surface area contributed by atoms with Gasteiger partial charge in [0.2, 0.25) is 10.0 Å². The molecule has 1 aromatic rings. The van der Waals surface area contributed by atoms with Crippen LogP contribution in [-0.2, 0) is 14.8 Å². The summed E-state index contributed by atoms with van der Waals surface area (Å²) in [5.74, 6) is -1.50. The number of aliphatic hydroxyl groups is 1. The number of rotatable bonds is 5. The minimum Gasteiger partial charge on any atom is -0.479 e. The third kappa shape index (κ3) is 3.67. The molecule has 0 aromatic heterocycles. The van der Waals surface area contributed by atoms with E-state index in [4.69, 9.17) is 21.8 Å². The van der Waals surface area contributed by atoms with Gasteiger partial charge in [0.05, 0.1) is 4.90 Å². The fraction of sp³-hybridized carbons (Fsp3) is 0.300. The molecule has 0 fully saturated rings. The van der Waals surface area contributed by atoms with Gasteiger partial charge in [-0.1, -0.05) is 17.7 Å². The normalized spacial score (nSPS) is 13.3. The summed E-state index contributed by atoms with van der Waals surface area (Å²) in [7, 11) is -3.90. The number of hydrogen-bond donors (Lipinski definition) is 3. The second kappa shape index (κ2) is 5.66. The number of aliphatic carboxylic acids is 1. The van der Waals surface area contributed by atoms with Crippen molar-refractivity contribution in [2.24, 2.45) is 0 Å². The average molecular weight is 294 g/mol. The van der Waals surface area contributed by atoms with Crippen molar-refractivity contribution in [2.45, 2.75) is 17.9 Å².